The standard InChI is InChI=1S/C11H24N2S2/c1-4-8(2)7-10(13-12)11-9(3)14-5-6-15-11/h8-11,13H,4-7,12H2,1-3H3. The van der Waals surface area contributed by atoms with Gasteiger partial charge in [-0.05, 0) is 12.3 Å². The normalized spacial score (nSPS) is 31.2. The van der Waals surface area contributed by atoms with Crippen LogP contribution >= 0.6 is 23.5 Å². The van der Waals surface area contributed by atoms with Crippen LogP contribution in [-0.2, 0) is 0 Å². The van der Waals surface area contributed by atoms with Gasteiger partial charge in [0.1, 0.15) is 0 Å². The summed E-state index contributed by atoms with van der Waals surface area (Å²) in [6.07, 6.45) is 2.45. The van der Waals surface area contributed by atoms with Crippen molar-refractivity contribution < 1.29 is 0 Å². The Morgan fingerprint density at radius 1 is 1.40 bits per heavy atom. The molecular formula is C11H24N2S2. The highest BCUT2D eigenvalue weighted by molar-refractivity contribution is 8.07. The van der Waals surface area contributed by atoms with E-state index in [-0.39, 0.29) is 0 Å². The van der Waals surface area contributed by atoms with Gasteiger partial charge in [0.25, 0.3) is 0 Å². The van der Waals surface area contributed by atoms with Gasteiger partial charge >= 0.3 is 0 Å². The molecule has 0 aliphatic carbocycles. The van der Waals surface area contributed by atoms with Crippen LogP contribution in [0.5, 0.6) is 0 Å². The molecule has 0 aromatic rings. The fraction of sp³-hybridized carbons (Fsp3) is 1.00. The third-order valence-corrected chi connectivity index (χ3v) is 6.45. The predicted molar refractivity (Wildman–Crippen MR) is 73.3 cm³/mol. The van der Waals surface area contributed by atoms with Crippen molar-refractivity contribution in [3.63, 3.8) is 0 Å². The molecule has 1 aliphatic heterocycles. The van der Waals surface area contributed by atoms with Crippen LogP contribution in [0.3, 0.4) is 0 Å². The summed E-state index contributed by atoms with van der Waals surface area (Å²) in [4.78, 5) is 0. The van der Waals surface area contributed by atoms with Crippen LogP contribution in [0.2, 0.25) is 0 Å². The van der Waals surface area contributed by atoms with Crippen molar-refractivity contribution in [2.75, 3.05) is 11.5 Å². The lowest BCUT2D eigenvalue weighted by Crippen LogP contribution is -2.48. The van der Waals surface area contributed by atoms with Gasteiger partial charge < -0.3 is 0 Å². The smallest absolute Gasteiger partial charge is 0.0342 e. The Hall–Kier alpha value is 0.620. The van der Waals surface area contributed by atoms with E-state index in [9.17, 15) is 0 Å². The Labute approximate surface area is 102 Å². The summed E-state index contributed by atoms with van der Waals surface area (Å²) >= 11 is 4.18. The quantitative estimate of drug-likeness (QED) is 0.579. The molecule has 15 heavy (non-hydrogen) atoms. The van der Waals surface area contributed by atoms with Crippen LogP contribution in [-0.4, -0.2) is 28.0 Å². The molecule has 1 rings (SSSR count). The van der Waals surface area contributed by atoms with Crippen molar-refractivity contribution in [2.24, 2.45) is 11.8 Å². The SMILES string of the molecule is CCC(C)CC(NN)C1SCCSC1C. The van der Waals surface area contributed by atoms with Crippen LogP contribution in [0.4, 0.5) is 0 Å². The second-order valence-electron chi connectivity index (χ2n) is 4.43. The lowest BCUT2D eigenvalue weighted by Gasteiger charge is -2.35. The predicted octanol–water partition coefficient (Wildman–Crippen LogP) is 2.49. The third kappa shape index (κ3) is 4.17. The number of nitrogens with one attached hydrogen (secondary N) is 1. The van der Waals surface area contributed by atoms with Crippen molar-refractivity contribution in [3.8, 4) is 0 Å². The zero-order chi connectivity index (χ0) is 11.3. The number of hydrogen-bond donors (Lipinski definition) is 2. The van der Waals surface area contributed by atoms with E-state index in [1.165, 1.54) is 24.3 Å². The first kappa shape index (κ1) is 13.7. The molecule has 1 aliphatic rings. The summed E-state index contributed by atoms with van der Waals surface area (Å²) in [5.41, 5.74) is 3.03. The number of nitrogens with two attached hydrogens (primary N) is 1. The summed E-state index contributed by atoms with van der Waals surface area (Å²) in [5.74, 6) is 9.04. The van der Waals surface area contributed by atoms with E-state index >= 15 is 0 Å². The van der Waals surface area contributed by atoms with Crippen LogP contribution in [0.15, 0.2) is 0 Å². The molecule has 0 aromatic carbocycles. The third-order valence-electron chi connectivity index (χ3n) is 3.20. The van der Waals surface area contributed by atoms with Gasteiger partial charge in [-0.1, -0.05) is 27.2 Å². The molecule has 3 N–H and O–H groups in total. The van der Waals surface area contributed by atoms with Gasteiger partial charge in [0.15, 0.2) is 0 Å². The van der Waals surface area contributed by atoms with Crippen LogP contribution in [0.1, 0.15) is 33.6 Å². The molecule has 4 atom stereocenters. The van der Waals surface area contributed by atoms with Gasteiger partial charge in [0, 0.05) is 28.0 Å². The molecule has 4 heteroatoms. The molecule has 0 radical (unpaired) electrons. The first-order valence-corrected chi connectivity index (χ1v) is 7.98. The summed E-state index contributed by atoms with van der Waals surface area (Å²) in [6.45, 7) is 6.91. The average molecular weight is 248 g/mol. The van der Waals surface area contributed by atoms with Crippen LogP contribution in [0, 0.1) is 5.92 Å². The van der Waals surface area contributed by atoms with E-state index in [4.69, 9.17) is 5.84 Å². The molecular weight excluding hydrogens is 224 g/mol. The summed E-state index contributed by atoms with van der Waals surface area (Å²) in [6, 6.07) is 0.479. The highest BCUT2D eigenvalue weighted by Crippen LogP contribution is 2.34. The zero-order valence-electron chi connectivity index (χ0n) is 10.0. The molecule has 90 valence electrons. The molecule has 0 saturated carbocycles. The monoisotopic (exact) mass is 248 g/mol. The Bertz CT molecular complexity index is 178. The molecule has 1 saturated heterocycles. The number of rotatable bonds is 5. The van der Waals surface area contributed by atoms with Crippen molar-refractivity contribution in [1.82, 2.24) is 5.43 Å². The van der Waals surface area contributed by atoms with Crippen molar-refractivity contribution in [3.05, 3.63) is 0 Å². The van der Waals surface area contributed by atoms with E-state index in [0.717, 1.165) is 11.2 Å². The van der Waals surface area contributed by atoms with Crippen molar-refractivity contribution >= 4 is 23.5 Å². The number of hydrazine groups is 1. The first-order valence-electron chi connectivity index (χ1n) is 5.88. The highest BCUT2D eigenvalue weighted by Gasteiger charge is 2.30. The topological polar surface area (TPSA) is 38.0 Å². The molecule has 1 heterocycles. The summed E-state index contributed by atoms with van der Waals surface area (Å²) in [7, 11) is 0. The Morgan fingerprint density at radius 2 is 2.07 bits per heavy atom. The number of thioether (sulfide) groups is 2. The highest BCUT2D eigenvalue weighted by atomic mass is 32.2. The molecule has 1 fully saturated rings. The second-order valence-corrected chi connectivity index (χ2v) is 7.20. The van der Waals surface area contributed by atoms with E-state index in [1.54, 1.807) is 0 Å². The second kappa shape index (κ2) is 7.05. The van der Waals surface area contributed by atoms with Crippen LogP contribution in [0.25, 0.3) is 0 Å². The van der Waals surface area contributed by atoms with Crippen LogP contribution < -0.4 is 11.3 Å². The lowest BCUT2D eigenvalue weighted by atomic mass is 9.96. The fourth-order valence-corrected chi connectivity index (χ4v) is 4.95. The van der Waals surface area contributed by atoms with Gasteiger partial charge in [0.05, 0.1) is 0 Å². The minimum Gasteiger partial charge on any atom is -0.271 e. The fourth-order valence-electron chi connectivity index (χ4n) is 1.99. The van der Waals surface area contributed by atoms with Crippen molar-refractivity contribution in [2.45, 2.75) is 50.2 Å². The number of hydrogen-bond acceptors (Lipinski definition) is 4. The van der Waals surface area contributed by atoms with Gasteiger partial charge in [-0.2, -0.15) is 23.5 Å². The van der Waals surface area contributed by atoms with E-state index in [2.05, 4.69) is 49.7 Å². The Morgan fingerprint density at radius 3 is 2.60 bits per heavy atom. The molecule has 0 bridgehead atoms. The van der Waals surface area contributed by atoms with E-state index in [1.807, 2.05) is 0 Å². The van der Waals surface area contributed by atoms with Gasteiger partial charge in [-0.15, -0.1) is 0 Å². The van der Waals surface area contributed by atoms with Gasteiger partial charge in [-0.3, -0.25) is 11.3 Å². The largest absolute Gasteiger partial charge is 0.271 e. The van der Waals surface area contributed by atoms with E-state index < -0.39 is 0 Å². The first-order chi connectivity index (χ1) is 7.19. The average Bonchev–Trinajstić information content (AvgIpc) is 2.26. The molecule has 0 spiro atoms. The van der Waals surface area contributed by atoms with Crippen molar-refractivity contribution in [1.29, 1.82) is 0 Å². The lowest BCUT2D eigenvalue weighted by molar-refractivity contribution is 0.388. The summed E-state index contributed by atoms with van der Waals surface area (Å²) < 4.78 is 0. The molecule has 0 aromatic heterocycles. The maximum Gasteiger partial charge on any atom is 0.0342 e. The molecule has 4 unspecified atom stereocenters. The minimum atomic E-state index is 0.479. The molecule has 0 amide bonds. The Balaban J connectivity index is 2.48. The summed E-state index contributed by atoms with van der Waals surface area (Å²) in [5, 5.41) is 1.41. The van der Waals surface area contributed by atoms with E-state index in [0.29, 0.717) is 11.3 Å². The van der Waals surface area contributed by atoms with Gasteiger partial charge in [-0.25, -0.2) is 0 Å². The maximum atomic E-state index is 5.70. The molecule has 2 nitrogen and oxygen atoms in total. The zero-order valence-corrected chi connectivity index (χ0v) is 11.7. The Kier molecular flexibility index (Phi) is 6.43. The maximum absolute atomic E-state index is 5.70. The minimum absolute atomic E-state index is 0.479. The van der Waals surface area contributed by atoms with Gasteiger partial charge in [0.2, 0.25) is 0 Å².